The zero-order valence-electron chi connectivity index (χ0n) is 14.1. The zero-order chi connectivity index (χ0) is 17.0. The van der Waals surface area contributed by atoms with E-state index in [-0.39, 0.29) is 17.7 Å². The van der Waals surface area contributed by atoms with Crippen LogP contribution in [0.3, 0.4) is 0 Å². The van der Waals surface area contributed by atoms with Crippen LogP contribution in [0, 0.1) is 5.92 Å². The van der Waals surface area contributed by atoms with E-state index in [1.807, 2.05) is 12.4 Å². The molecule has 1 atom stereocenters. The number of hydrogen-bond donors (Lipinski definition) is 0. The predicted octanol–water partition coefficient (Wildman–Crippen LogP) is 2.65. The molecule has 0 saturated carbocycles. The number of amides is 2. The predicted molar refractivity (Wildman–Crippen MR) is 92.2 cm³/mol. The van der Waals surface area contributed by atoms with Gasteiger partial charge in [0.25, 0.3) is 0 Å². The first-order valence-corrected chi connectivity index (χ1v) is 8.91. The van der Waals surface area contributed by atoms with Crippen LogP contribution in [0.15, 0.2) is 18.0 Å². The van der Waals surface area contributed by atoms with Crippen LogP contribution in [-0.2, 0) is 16.1 Å². The summed E-state index contributed by atoms with van der Waals surface area (Å²) in [5.41, 5.74) is 0.935. The summed E-state index contributed by atoms with van der Waals surface area (Å²) >= 11 is 1.64. The van der Waals surface area contributed by atoms with Crippen molar-refractivity contribution in [3.8, 4) is 0 Å². The summed E-state index contributed by atoms with van der Waals surface area (Å²) in [7, 11) is 1.81. The van der Waals surface area contributed by atoms with E-state index >= 15 is 0 Å². The summed E-state index contributed by atoms with van der Waals surface area (Å²) in [6.45, 7) is 9.47. The van der Waals surface area contributed by atoms with Crippen molar-refractivity contribution in [3.05, 3.63) is 28.7 Å². The van der Waals surface area contributed by atoms with Gasteiger partial charge in [-0.05, 0) is 18.9 Å². The number of carbonyl (C=O) groups excluding carboxylic acids is 2. The second-order valence-corrected chi connectivity index (χ2v) is 7.24. The van der Waals surface area contributed by atoms with Gasteiger partial charge in [-0.25, -0.2) is 4.98 Å². The number of carbonyl (C=O) groups is 2. The summed E-state index contributed by atoms with van der Waals surface area (Å²) in [5.74, 6) is 0.282. The molecule has 1 saturated heterocycles. The Bertz CT molecular complexity index is 582. The molecule has 6 heteroatoms. The fourth-order valence-electron chi connectivity index (χ4n) is 2.80. The van der Waals surface area contributed by atoms with Crippen LogP contribution in [0.5, 0.6) is 0 Å². The summed E-state index contributed by atoms with van der Waals surface area (Å²) < 4.78 is 0. The molecule has 5 nitrogen and oxygen atoms in total. The van der Waals surface area contributed by atoms with Gasteiger partial charge in [-0.1, -0.05) is 20.4 Å². The SMILES string of the molecule is C=CC(=O)N1CCC[C@H](C(=O)N(C)Cc2csc(C(C)C)n2)C1. The standard InChI is InChI=1S/C17H25N3O2S/c1-5-15(21)20-8-6-7-13(9-20)17(22)19(4)10-14-11-23-16(18-14)12(2)3/h5,11-13H,1,6-10H2,2-4H3/t13-/m0/s1. The number of aromatic nitrogens is 1. The first-order valence-electron chi connectivity index (χ1n) is 8.03. The molecule has 1 aliphatic heterocycles. The molecule has 23 heavy (non-hydrogen) atoms. The zero-order valence-corrected chi connectivity index (χ0v) is 14.9. The minimum atomic E-state index is -0.124. The molecule has 1 aliphatic rings. The van der Waals surface area contributed by atoms with Gasteiger partial charge in [-0.2, -0.15) is 0 Å². The molecular formula is C17H25N3O2S. The number of piperidine rings is 1. The van der Waals surface area contributed by atoms with E-state index in [2.05, 4.69) is 25.4 Å². The Hall–Kier alpha value is -1.69. The van der Waals surface area contributed by atoms with Crippen molar-refractivity contribution < 1.29 is 9.59 Å². The highest BCUT2D eigenvalue weighted by atomic mass is 32.1. The smallest absolute Gasteiger partial charge is 0.245 e. The van der Waals surface area contributed by atoms with Crippen LogP contribution < -0.4 is 0 Å². The molecule has 0 aliphatic carbocycles. The van der Waals surface area contributed by atoms with Gasteiger partial charge in [0.1, 0.15) is 0 Å². The van der Waals surface area contributed by atoms with Crippen molar-refractivity contribution in [2.75, 3.05) is 20.1 Å². The maximum absolute atomic E-state index is 12.6. The number of nitrogens with zero attached hydrogens (tertiary/aromatic N) is 3. The van der Waals surface area contributed by atoms with Crippen LogP contribution in [0.25, 0.3) is 0 Å². The fourth-order valence-corrected chi connectivity index (χ4v) is 3.63. The van der Waals surface area contributed by atoms with E-state index in [1.54, 1.807) is 21.1 Å². The molecule has 2 heterocycles. The highest BCUT2D eigenvalue weighted by Crippen LogP contribution is 2.22. The number of hydrogen-bond acceptors (Lipinski definition) is 4. The molecule has 0 bridgehead atoms. The maximum atomic E-state index is 12.6. The van der Waals surface area contributed by atoms with Crippen molar-refractivity contribution in [1.82, 2.24) is 14.8 Å². The topological polar surface area (TPSA) is 53.5 Å². The highest BCUT2D eigenvalue weighted by molar-refractivity contribution is 7.09. The number of thiazole rings is 1. The van der Waals surface area contributed by atoms with Crippen molar-refractivity contribution in [1.29, 1.82) is 0 Å². The van der Waals surface area contributed by atoms with Gasteiger partial charge in [0.15, 0.2) is 0 Å². The molecule has 2 rings (SSSR count). The first-order chi connectivity index (χ1) is 10.9. The van der Waals surface area contributed by atoms with E-state index < -0.39 is 0 Å². The average Bonchev–Trinajstić information content (AvgIpc) is 3.02. The summed E-state index contributed by atoms with van der Waals surface area (Å²) in [6, 6.07) is 0. The lowest BCUT2D eigenvalue weighted by molar-refractivity contribution is -0.138. The Balaban J connectivity index is 1.95. The molecule has 0 aromatic carbocycles. The third-order valence-electron chi connectivity index (χ3n) is 4.10. The second-order valence-electron chi connectivity index (χ2n) is 6.35. The number of likely N-dealkylation sites (tertiary alicyclic amines) is 1. The van der Waals surface area contributed by atoms with Crippen LogP contribution in [-0.4, -0.2) is 46.7 Å². The Labute approximate surface area is 142 Å². The van der Waals surface area contributed by atoms with Crippen molar-refractivity contribution in [3.63, 3.8) is 0 Å². The molecule has 2 amide bonds. The van der Waals surface area contributed by atoms with Crippen LogP contribution >= 0.6 is 11.3 Å². The van der Waals surface area contributed by atoms with E-state index in [0.29, 0.717) is 25.6 Å². The summed E-state index contributed by atoms with van der Waals surface area (Å²) in [6.07, 6.45) is 3.01. The van der Waals surface area contributed by atoms with E-state index in [4.69, 9.17) is 0 Å². The summed E-state index contributed by atoms with van der Waals surface area (Å²) in [4.78, 5) is 32.4. The Kier molecular flexibility index (Phi) is 5.93. The quantitative estimate of drug-likeness (QED) is 0.777. The van der Waals surface area contributed by atoms with Gasteiger partial charge in [0.2, 0.25) is 11.8 Å². The van der Waals surface area contributed by atoms with Gasteiger partial charge in [0.05, 0.1) is 23.2 Å². The van der Waals surface area contributed by atoms with E-state index in [9.17, 15) is 9.59 Å². The third kappa shape index (κ3) is 4.41. The lowest BCUT2D eigenvalue weighted by Crippen LogP contribution is -2.45. The van der Waals surface area contributed by atoms with Gasteiger partial charge < -0.3 is 9.80 Å². The molecule has 0 spiro atoms. The van der Waals surface area contributed by atoms with Crippen LogP contribution in [0.2, 0.25) is 0 Å². The van der Waals surface area contributed by atoms with Gasteiger partial charge in [-0.3, -0.25) is 9.59 Å². The lowest BCUT2D eigenvalue weighted by Gasteiger charge is -2.33. The van der Waals surface area contributed by atoms with Crippen LogP contribution in [0.4, 0.5) is 0 Å². The maximum Gasteiger partial charge on any atom is 0.245 e. The van der Waals surface area contributed by atoms with E-state index in [1.165, 1.54) is 6.08 Å². The molecule has 0 N–H and O–H groups in total. The molecular weight excluding hydrogens is 310 g/mol. The van der Waals surface area contributed by atoms with Gasteiger partial charge >= 0.3 is 0 Å². The molecule has 1 fully saturated rings. The highest BCUT2D eigenvalue weighted by Gasteiger charge is 2.29. The van der Waals surface area contributed by atoms with Crippen molar-refractivity contribution >= 4 is 23.2 Å². The van der Waals surface area contributed by atoms with Gasteiger partial charge in [0, 0.05) is 31.4 Å². The molecule has 1 aromatic rings. The number of rotatable bonds is 5. The molecule has 1 aromatic heterocycles. The Morgan fingerprint density at radius 3 is 2.91 bits per heavy atom. The first kappa shape index (κ1) is 17.7. The monoisotopic (exact) mass is 335 g/mol. The van der Waals surface area contributed by atoms with Crippen molar-refractivity contribution in [2.24, 2.45) is 5.92 Å². The fraction of sp³-hybridized carbons (Fsp3) is 0.588. The van der Waals surface area contributed by atoms with Crippen molar-refractivity contribution in [2.45, 2.75) is 39.2 Å². The summed E-state index contributed by atoms with van der Waals surface area (Å²) in [5, 5.41) is 3.12. The second kappa shape index (κ2) is 7.73. The molecule has 0 unspecified atom stereocenters. The van der Waals surface area contributed by atoms with Crippen LogP contribution in [0.1, 0.15) is 43.3 Å². The molecule has 126 valence electrons. The third-order valence-corrected chi connectivity index (χ3v) is 5.29. The minimum Gasteiger partial charge on any atom is -0.340 e. The minimum absolute atomic E-state index is 0.0886. The lowest BCUT2D eigenvalue weighted by atomic mass is 9.96. The normalized spacial score (nSPS) is 18.1. The van der Waals surface area contributed by atoms with Gasteiger partial charge in [-0.15, -0.1) is 11.3 Å². The average molecular weight is 335 g/mol. The Morgan fingerprint density at radius 1 is 1.57 bits per heavy atom. The largest absolute Gasteiger partial charge is 0.340 e. The van der Waals surface area contributed by atoms with E-state index in [0.717, 1.165) is 23.5 Å². The molecule has 0 radical (unpaired) electrons. The Morgan fingerprint density at radius 2 is 2.30 bits per heavy atom.